The lowest BCUT2D eigenvalue weighted by Crippen LogP contribution is -2.45. The number of benzene rings is 1. The Kier molecular flexibility index (Phi) is 4.71. The van der Waals surface area contributed by atoms with Gasteiger partial charge in [-0.2, -0.15) is 0 Å². The molecule has 4 nitrogen and oxygen atoms in total. The predicted octanol–water partition coefficient (Wildman–Crippen LogP) is 3.30. The molecule has 1 aliphatic carbocycles. The average molecular weight is 354 g/mol. The summed E-state index contributed by atoms with van der Waals surface area (Å²) in [6.07, 6.45) is 2.04. The Hall–Kier alpha value is -1.36. The van der Waals surface area contributed by atoms with Crippen molar-refractivity contribution in [2.75, 3.05) is 0 Å². The summed E-state index contributed by atoms with van der Waals surface area (Å²) in [7, 11) is 0. The molecule has 2 atom stereocenters. The summed E-state index contributed by atoms with van der Waals surface area (Å²) in [5.74, 6) is -2.00. The van der Waals surface area contributed by atoms with Crippen LogP contribution in [0.3, 0.4) is 0 Å². The molecule has 1 fully saturated rings. The quantitative estimate of drug-likeness (QED) is 0.872. The van der Waals surface area contributed by atoms with Crippen molar-refractivity contribution >= 4 is 27.8 Å². The number of amides is 1. The summed E-state index contributed by atoms with van der Waals surface area (Å²) < 4.78 is 0.982. The van der Waals surface area contributed by atoms with Crippen LogP contribution < -0.4 is 5.32 Å². The molecule has 0 saturated heterocycles. The highest BCUT2D eigenvalue weighted by Gasteiger charge is 2.39. The smallest absolute Gasteiger partial charge is 0.307 e. The number of hydrogen-bond acceptors (Lipinski definition) is 2. The van der Waals surface area contributed by atoms with Crippen LogP contribution in [-0.2, 0) is 15.1 Å². The second kappa shape index (κ2) is 6.18. The number of carbonyl (C=O) groups is 2. The van der Waals surface area contributed by atoms with E-state index >= 15 is 0 Å². The Bertz CT molecular complexity index is 539. The SMILES string of the molecule is CC(C)(NC(=O)[C@@H]1CCC[C@@H]1C(=O)O)c1ccc(Br)cc1. The molecule has 0 bridgehead atoms. The number of nitrogens with one attached hydrogen (secondary N) is 1. The van der Waals surface area contributed by atoms with Gasteiger partial charge < -0.3 is 10.4 Å². The van der Waals surface area contributed by atoms with E-state index in [1.54, 1.807) is 0 Å². The van der Waals surface area contributed by atoms with E-state index in [4.69, 9.17) is 0 Å². The zero-order valence-corrected chi connectivity index (χ0v) is 13.8. The Morgan fingerprint density at radius 3 is 2.33 bits per heavy atom. The molecule has 2 N–H and O–H groups in total. The number of aliphatic carboxylic acids is 1. The molecule has 0 spiro atoms. The number of halogens is 1. The lowest BCUT2D eigenvalue weighted by molar-refractivity contribution is -0.146. The van der Waals surface area contributed by atoms with Gasteiger partial charge in [0.25, 0.3) is 0 Å². The molecule has 114 valence electrons. The van der Waals surface area contributed by atoms with Crippen LogP contribution in [0, 0.1) is 11.8 Å². The van der Waals surface area contributed by atoms with Crippen LogP contribution >= 0.6 is 15.9 Å². The van der Waals surface area contributed by atoms with E-state index in [1.165, 1.54) is 0 Å². The van der Waals surface area contributed by atoms with Crippen LogP contribution in [-0.4, -0.2) is 17.0 Å². The molecule has 5 heteroatoms. The van der Waals surface area contributed by atoms with Crippen LogP contribution in [0.15, 0.2) is 28.7 Å². The lowest BCUT2D eigenvalue weighted by Gasteiger charge is -2.29. The fourth-order valence-electron chi connectivity index (χ4n) is 2.91. The van der Waals surface area contributed by atoms with Crippen LogP contribution in [0.2, 0.25) is 0 Å². The van der Waals surface area contributed by atoms with E-state index in [1.807, 2.05) is 38.1 Å². The number of carbonyl (C=O) groups excluding carboxylic acids is 1. The van der Waals surface area contributed by atoms with Gasteiger partial charge in [-0.3, -0.25) is 9.59 Å². The summed E-state index contributed by atoms with van der Waals surface area (Å²) in [6, 6.07) is 7.76. The van der Waals surface area contributed by atoms with E-state index in [0.29, 0.717) is 12.8 Å². The third-order valence-electron chi connectivity index (χ3n) is 4.17. The Morgan fingerprint density at radius 1 is 1.19 bits per heavy atom. The first-order chi connectivity index (χ1) is 9.81. The Balaban J connectivity index is 2.10. The molecule has 0 aromatic heterocycles. The fourth-order valence-corrected chi connectivity index (χ4v) is 3.17. The maximum Gasteiger partial charge on any atom is 0.307 e. The predicted molar refractivity (Wildman–Crippen MR) is 83.8 cm³/mol. The molecular weight excluding hydrogens is 334 g/mol. The van der Waals surface area contributed by atoms with Crippen LogP contribution in [0.5, 0.6) is 0 Å². The highest BCUT2D eigenvalue weighted by molar-refractivity contribution is 9.10. The van der Waals surface area contributed by atoms with Gasteiger partial charge >= 0.3 is 5.97 Å². The van der Waals surface area contributed by atoms with Crippen molar-refractivity contribution < 1.29 is 14.7 Å². The zero-order chi connectivity index (χ0) is 15.6. The Morgan fingerprint density at radius 2 is 1.76 bits per heavy atom. The molecular formula is C16H20BrNO3. The molecule has 2 rings (SSSR count). The molecule has 0 unspecified atom stereocenters. The minimum absolute atomic E-state index is 0.159. The van der Waals surface area contributed by atoms with Gasteiger partial charge in [-0.1, -0.05) is 34.5 Å². The van der Waals surface area contributed by atoms with Gasteiger partial charge in [0.2, 0.25) is 5.91 Å². The van der Waals surface area contributed by atoms with Crippen molar-refractivity contribution in [1.82, 2.24) is 5.32 Å². The normalized spacial score (nSPS) is 22.0. The Labute approximate surface area is 133 Å². The summed E-state index contributed by atoms with van der Waals surface area (Å²) >= 11 is 3.39. The second-order valence-electron chi connectivity index (χ2n) is 6.10. The van der Waals surface area contributed by atoms with Crippen molar-refractivity contribution in [3.8, 4) is 0 Å². The van der Waals surface area contributed by atoms with Crippen molar-refractivity contribution in [2.45, 2.75) is 38.6 Å². The van der Waals surface area contributed by atoms with Gasteiger partial charge in [-0.15, -0.1) is 0 Å². The van der Waals surface area contributed by atoms with Gasteiger partial charge in [0, 0.05) is 4.47 Å². The number of carboxylic acids is 1. The van der Waals surface area contributed by atoms with Crippen LogP contribution in [0.4, 0.5) is 0 Å². The van der Waals surface area contributed by atoms with Gasteiger partial charge in [-0.05, 0) is 44.4 Å². The van der Waals surface area contributed by atoms with Gasteiger partial charge in [0.15, 0.2) is 0 Å². The topological polar surface area (TPSA) is 66.4 Å². The van der Waals surface area contributed by atoms with Crippen molar-refractivity contribution in [3.63, 3.8) is 0 Å². The van der Waals surface area contributed by atoms with E-state index < -0.39 is 23.3 Å². The van der Waals surface area contributed by atoms with Gasteiger partial charge in [0.1, 0.15) is 0 Å². The van der Waals surface area contributed by atoms with E-state index in [2.05, 4.69) is 21.2 Å². The largest absolute Gasteiger partial charge is 0.481 e. The monoisotopic (exact) mass is 353 g/mol. The number of carboxylic acid groups (broad SMARTS) is 1. The standard InChI is InChI=1S/C16H20BrNO3/c1-16(2,10-6-8-11(17)9-7-10)18-14(19)12-4-3-5-13(12)15(20)21/h6-9,12-13H,3-5H2,1-2H3,(H,18,19)(H,20,21)/t12-,13+/m1/s1. The minimum Gasteiger partial charge on any atom is -0.481 e. The zero-order valence-electron chi connectivity index (χ0n) is 12.2. The first-order valence-electron chi connectivity index (χ1n) is 7.12. The first kappa shape index (κ1) is 16.0. The van der Waals surface area contributed by atoms with Gasteiger partial charge in [0.05, 0.1) is 17.4 Å². The van der Waals surface area contributed by atoms with E-state index in [9.17, 15) is 14.7 Å². The minimum atomic E-state index is -0.867. The van der Waals surface area contributed by atoms with E-state index in [0.717, 1.165) is 16.5 Å². The van der Waals surface area contributed by atoms with Gasteiger partial charge in [-0.25, -0.2) is 0 Å². The molecule has 1 aromatic rings. The molecule has 1 amide bonds. The molecule has 21 heavy (non-hydrogen) atoms. The summed E-state index contributed by atoms with van der Waals surface area (Å²) in [4.78, 5) is 23.6. The van der Waals surface area contributed by atoms with Crippen molar-refractivity contribution in [2.24, 2.45) is 11.8 Å². The molecule has 0 radical (unpaired) electrons. The molecule has 1 aliphatic rings. The third kappa shape index (κ3) is 3.64. The number of rotatable bonds is 4. The van der Waals surface area contributed by atoms with Crippen molar-refractivity contribution in [3.05, 3.63) is 34.3 Å². The lowest BCUT2D eigenvalue weighted by atomic mass is 9.90. The van der Waals surface area contributed by atoms with Crippen molar-refractivity contribution in [1.29, 1.82) is 0 Å². The van der Waals surface area contributed by atoms with Crippen LogP contribution in [0.1, 0.15) is 38.7 Å². The highest BCUT2D eigenvalue weighted by Crippen LogP contribution is 2.33. The average Bonchev–Trinajstić information content (AvgIpc) is 2.88. The highest BCUT2D eigenvalue weighted by atomic mass is 79.9. The summed E-state index contributed by atoms with van der Waals surface area (Å²) in [5.41, 5.74) is 0.465. The van der Waals surface area contributed by atoms with E-state index in [-0.39, 0.29) is 5.91 Å². The molecule has 1 aromatic carbocycles. The summed E-state index contributed by atoms with van der Waals surface area (Å²) in [6.45, 7) is 3.86. The number of hydrogen-bond donors (Lipinski definition) is 2. The maximum atomic E-state index is 12.4. The fraction of sp³-hybridized carbons (Fsp3) is 0.500. The summed E-state index contributed by atoms with van der Waals surface area (Å²) in [5, 5.41) is 12.2. The molecule has 1 saturated carbocycles. The molecule has 0 heterocycles. The maximum absolute atomic E-state index is 12.4. The molecule has 0 aliphatic heterocycles. The third-order valence-corrected chi connectivity index (χ3v) is 4.70. The second-order valence-corrected chi connectivity index (χ2v) is 7.02. The van der Waals surface area contributed by atoms with Crippen LogP contribution in [0.25, 0.3) is 0 Å². The first-order valence-corrected chi connectivity index (χ1v) is 7.91.